The highest BCUT2D eigenvalue weighted by Crippen LogP contribution is 2.63. The van der Waals surface area contributed by atoms with Gasteiger partial charge in [0.25, 0.3) is 0 Å². The molecule has 0 aromatic carbocycles. The summed E-state index contributed by atoms with van der Waals surface area (Å²) < 4.78 is 0. The third-order valence-electron chi connectivity index (χ3n) is 4.91. The number of aromatic nitrogens is 2. The van der Waals surface area contributed by atoms with Crippen LogP contribution in [0.25, 0.3) is 0 Å². The molecule has 1 aliphatic rings. The zero-order valence-corrected chi connectivity index (χ0v) is 13.5. The standard InChI is InChI=1S/C15H24ClN3/c1-7-8-10-17-11(16)9(2)12(18-10)19-13-14(3,4)15(13,5)6/h13H,7-8H2,1-6H3,(H,17,18,19). The Hall–Kier alpha value is -0.830. The molecule has 1 aliphatic carbocycles. The molecule has 0 aliphatic heterocycles. The number of halogens is 1. The second-order valence-electron chi connectivity index (χ2n) is 6.67. The minimum absolute atomic E-state index is 0.280. The molecule has 4 heteroatoms. The second kappa shape index (κ2) is 4.62. The first-order chi connectivity index (χ1) is 8.71. The van der Waals surface area contributed by atoms with Crippen LogP contribution in [0.3, 0.4) is 0 Å². The molecular weight excluding hydrogens is 258 g/mol. The van der Waals surface area contributed by atoms with E-state index in [4.69, 9.17) is 11.6 Å². The average Bonchev–Trinajstić information content (AvgIpc) is 2.68. The van der Waals surface area contributed by atoms with Crippen molar-refractivity contribution in [3.63, 3.8) is 0 Å². The van der Waals surface area contributed by atoms with Crippen molar-refractivity contribution in [2.24, 2.45) is 10.8 Å². The smallest absolute Gasteiger partial charge is 0.137 e. The number of nitrogens with one attached hydrogen (secondary N) is 1. The maximum atomic E-state index is 6.21. The maximum Gasteiger partial charge on any atom is 0.137 e. The Kier molecular flexibility index (Phi) is 3.54. The fourth-order valence-electron chi connectivity index (χ4n) is 2.70. The van der Waals surface area contributed by atoms with Gasteiger partial charge in [-0.2, -0.15) is 0 Å². The van der Waals surface area contributed by atoms with Gasteiger partial charge in [0.1, 0.15) is 16.8 Å². The van der Waals surface area contributed by atoms with Crippen LogP contribution in [-0.2, 0) is 6.42 Å². The minimum atomic E-state index is 0.280. The van der Waals surface area contributed by atoms with Crippen LogP contribution in [0.5, 0.6) is 0 Å². The number of hydrogen-bond acceptors (Lipinski definition) is 3. The highest BCUT2D eigenvalue weighted by molar-refractivity contribution is 6.30. The lowest BCUT2D eigenvalue weighted by atomic mass is 10.0. The van der Waals surface area contributed by atoms with Crippen LogP contribution in [-0.4, -0.2) is 16.0 Å². The number of rotatable bonds is 4. The van der Waals surface area contributed by atoms with Crippen molar-refractivity contribution in [1.29, 1.82) is 0 Å². The van der Waals surface area contributed by atoms with Gasteiger partial charge in [0.05, 0.1) is 0 Å². The number of nitrogens with zero attached hydrogens (tertiary/aromatic N) is 2. The molecule has 1 aromatic rings. The van der Waals surface area contributed by atoms with Gasteiger partial charge in [0, 0.05) is 18.0 Å². The third kappa shape index (κ3) is 2.33. The van der Waals surface area contributed by atoms with Gasteiger partial charge in [-0.3, -0.25) is 0 Å². The molecule has 0 bridgehead atoms. The van der Waals surface area contributed by atoms with Crippen LogP contribution < -0.4 is 5.32 Å². The molecule has 3 nitrogen and oxygen atoms in total. The molecule has 1 fully saturated rings. The normalized spacial score (nSPS) is 20.4. The van der Waals surface area contributed by atoms with E-state index in [0.29, 0.717) is 11.2 Å². The molecule has 1 heterocycles. The summed E-state index contributed by atoms with van der Waals surface area (Å²) >= 11 is 6.21. The molecular formula is C15H24ClN3. The number of aryl methyl sites for hydroxylation is 1. The molecule has 106 valence electrons. The fraction of sp³-hybridized carbons (Fsp3) is 0.733. The highest BCUT2D eigenvalue weighted by Gasteiger charge is 2.65. The molecule has 1 saturated carbocycles. The molecule has 0 radical (unpaired) electrons. The van der Waals surface area contributed by atoms with Crippen LogP contribution in [0.4, 0.5) is 5.82 Å². The molecule has 0 atom stereocenters. The predicted molar refractivity (Wildman–Crippen MR) is 80.7 cm³/mol. The minimum Gasteiger partial charge on any atom is -0.366 e. The van der Waals surface area contributed by atoms with Crippen molar-refractivity contribution < 1.29 is 0 Å². The van der Waals surface area contributed by atoms with Gasteiger partial charge in [-0.25, -0.2) is 9.97 Å². The molecule has 1 N–H and O–H groups in total. The van der Waals surface area contributed by atoms with Crippen molar-refractivity contribution in [2.45, 2.75) is 60.4 Å². The summed E-state index contributed by atoms with van der Waals surface area (Å²) in [5.74, 6) is 1.73. The first-order valence-electron chi connectivity index (χ1n) is 7.01. The maximum absolute atomic E-state index is 6.21. The number of anilines is 1. The predicted octanol–water partition coefficient (Wildman–Crippen LogP) is 4.24. The zero-order chi connectivity index (χ0) is 14.4. The Morgan fingerprint density at radius 3 is 2.21 bits per heavy atom. The molecule has 19 heavy (non-hydrogen) atoms. The summed E-state index contributed by atoms with van der Waals surface area (Å²) in [6.45, 7) is 13.2. The molecule has 0 spiro atoms. The molecule has 0 amide bonds. The van der Waals surface area contributed by atoms with E-state index in [1.165, 1.54) is 0 Å². The van der Waals surface area contributed by atoms with Gasteiger partial charge in [0.15, 0.2) is 0 Å². The molecule has 2 rings (SSSR count). The average molecular weight is 282 g/mol. The lowest BCUT2D eigenvalue weighted by molar-refractivity contribution is 0.457. The quantitative estimate of drug-likeness (QED) is 0.839. The van der Waals surface area contributed by atoms with Crippen molar-refractivity contribution in [1.82, 2.24) is 9.97 Å². The van der Waals surface area contributed by atoms with E-state index in [1.54, 1.807) is 0 Å². The van der Waals surface area contributed by atoms with Crippen LogP contribution in [0.2, 0.25) is 5.15 Å². The highest BCUT2D eigenvalue weighted by atomic mass is 35.5. The van der Waals surface area contributed by atoms with Gasteiger partial charge in [0.2, 0.25) is 0 Å². The van der Waals surface area contributed by atoms with E-state index >= 15 is 0 Å². The first kappa shape index (κ1) is 14.6. The van der Waals surface area contributed by atoms with Crippen molar-refractivity contribution in [2.75, 3.05) is 5.32 Å². The van der Waals surface area contributed by atoms with Crippen LogP contribution in [0.1, 0.15) is 52.4 Å². The molecule has 0 saturated heterocycles. The van der Waals surface area contributed by atoms with Gasteiger partial charge in [-0.05, 0) is 24.2 Å². The van der Waals surface area contributed by atoms with Crippen molar-refractivity contribution >= 4 is 17.4 Å². The lowest BCUT2D eigenvalue weighted by Gasteiger charge is -2.12. The van der Waals surface area contributed by atoms with E-state index in [0.717, 1.165) is 30.0 Å². The van der Waals surface area contributed by atoms with Crippen molar-refractivity contribution in [3.8, 4) is 0 Å². The van der Waals surface area contributed by atoms with Crippen LogP contribution in [0, 0.1) is 17.8 Å². The van der Waals surface area contributed by atoms with E-state index in [2.05, 4.69) is 49.9 Å². The Morgan fingerprint density at radius 1 is 1.16 bits per heavy atom. The SMILES string of the molecule is CCCc1nc(Cl)c(C)c(NC2C(C)(C)C2(C)C)n1. The summed E-state index contributed by atoms with van der Waals surface area (Å²) in [4.78, 5) is 8.97. The topological polar surface area (TPSA) is 37.8 Å². The van der Waals surface area contributed by atoms with Crippen LogP contribution >= 0.6 is 11.6 Å². The van der Waals surface area contributed by atoms with E-state index in [1.807, 2.05) is 6.92 Å². The monoisotopic (exact) mass is 281 g/mol. The summed E-state index contributed by atoms with van der Waals surface area (Å²) in [5.41, 5.74) is 1.50. The van der Waals surface area contributed by atoms with Gasteiger partial charge < -0.3 is 5.32 Å². The first-order valence-corrected chi connectivity index (χ1v) is 7.39. The van der Waals surface area contributed by atoms with E-state index in [-0.39, 0.29) is 10.8 Å². The molecule has 0 unspecified atom stereocenters. The lowest BCUT2D eigenvalue weighted by Crippen LogP contribution is -2.14. The number of hydrogen-bond donors (Lipinski definition) is 1. The van der Waals surface area contributed by atoms with E-state index < -0.39 is 0 Å². The van der Waals surface area contributed by atoms with Crippen molar-refractivity contribution in [3.05, 3.63) is 16.5 Å². The zero-order valence-electron chi connectivity index (χ0n) is 12.8. The fourth-order valence-corrected chi connectivity index (χ4v) is 2.89. The van der Waals surface area contributed by atoms with E-state index in [9.17, 15) is 0 Å². The second-order valence-corrected chi connectivity index (χ2v) is 7.03. The third-order valence-corrected chi connectivity index (χ3v) is 5.28. The van der Waals surface area contributed by atoms with Gasteiger partial charge >= 0.3 is 0 Å². The summed E-state index contributed by atoms with van der Waals surface area (Å²) in [7, 11) is 0. The summed E-state index contributed by atoms with van der Waals surface area (Å²) in [5, 5.41) is 4.14. The summed E-state index contributed by atoms with van der Waals surface area (Å²) in [6.07, 6.45) is 1.89. The largest absolute Gasteiger partial charge is 0.366 e. The van der Waals surface area contributed by atoms with Gasteiger partial charge in [-0.1, -0.05) is 46.2 Å². The Labute approximate surface area is 121 Å². The Morgan fingerprint density at radius 2 is 1.74 bits per heavy atom. The Bertz CT molecular complexity index is 480. The van der Waals surface area contributed by atoms with Crippen LogP contribution in [0.15, 0.2) is 0 Å². The van der Waals surface area contributed by atoms with Gasteiger partial charge in [-0.15, -0.1) is 0 Å². The molecule has 1 aromatic heterocycles. The summed E-state index contributed by atoms with van der Waals surface area (Å²) in [6, 6.07) is 0.430. The Balaban J connectivity index is 2.26.